The number of aromatic carboxylic acids is 1. The number of carbonyl (C=O) groups is 2. The molecule has 7 nitrogen and oxygen atoms in total. The predicted molar refractivity (Wildman–Crippen MR) is 90.0 cm³/mol. The molecule has 0 aliphatic carbocycles. The van der Waals surface area contributed by atoms with Crippen LogP contribution in [0.25, 0.3) is 0 Å². The second kappa shape index (κ2) is 8.23. The number of furan rings is 1. The maximum atomic E-state index is 12.1. The Labute approximate surface area is 145 Å². The van der Waals surface area contributed by atoms with E-state index in [2.05, 4.69) is 0 Å². The van der Waals surface area contributed by atoms with E-state index in [9.17, 15) is 9.59 Å². The molecule has 1 heterocycles. The third-order valence-corrected chi connectivity index (χ3v) is 3.52. The van der Waals surface area contributed by atoms with Crippen LogP contribution in [0.2, 0.25) is 0 Å². The van der Waals surface area contributed by atoms with Gasteiger partial charge in [-0.15, -0.1) is 0 Å². The predicted octanol–water partition coefficient (Wildman–Crippen LogP) is 2.72. The molecular weight excluding hydrogens is 326 g/mol. The van der Waals surface area contributed by atoms with E-state index in [-0.39, 0.29) is 24.6 Å². The quantitative estimate of drug-likeness (QED) is 0.790. The van der Waals surface area contributed by atoms with Crippen molar-refractivity contribution in [2.24, 2.45) is 0 Å². The highest BCUT2D eigenvalue weighted by Crippen LogP contribution is 2.18. The molecular formula is C18H21NO6. The number of carboxylic acids is 1. The van der Waals surface area contributed by atoms with Gasteiger partial charge in [0.2, 0.25) is 0 Å². The van der Waals surface area contributed by atoms with Crippen LogP contribution >= 0.6 is 0 Å². The van der Waals surface area contributed by atoms with Crippen LogP contribution in [0.5, 0.6) is 11.5 Å². The fraction of sp³-hybridized carbons (Fsp3) is 0.333. The number of hydrogen-bond acceptors (Lipinski definition) is 5. The van der Waals surface area contributed by atoms with Crippen molar-refractivity contribution >= 4 is 11.9 Å². The van der Waals surface area contributed by atoms with Crippen LogP contribution in [0.3, 0.4) is 0 Å². The molecule has 0 radical (unpaired) electrons. The standard InChI is InChI=1S/C18H21NO6/c1-4-23-13-5-7-14(8-6-13)24-11-17(20)19(3)10-15-9-16(18(21)22)12(2)25-15/h5-9H,4,10-11H2,1-3H3,(H,21,22). The highest BCUT2D eigenvalue weighted by molar-refractivity contribution is 5.88. The molecule has 0 saturated carbocycles. The minimum atomic E-state index is -1.06. The number of nitrogens with zero attached hydrogens (tertiary/aromatic N) is 1. The summed E-state index contributed by atoms with van der Waals surface area (Å²) in [6, 6.07) is 8.42. The summed E-state index contributed by atoms with van der Waals surface area (Å²) in [5, 5.41) is 9.02. The van der Waals surface area contributed by atoms with Gasteiger partial charge in [0.1, 0.15) is 28.6 Å². The Morgan fingerprint density at radius 2 is 1.76 bits per heavy atom. The van der Waals surface area contributed by atoms with Crippen LogP contribution in [0, 0.1) is 6.92 Å². The molecule has 0 unspecified atom stereocenters. The lowest BCUT2D eigenvalue weighted by atomic mass is 10.2. The summed E-state index contributed by atoms with van der Waals surface area (Å²) in [6.45, 7) is 4.09. The van der Waals surface area contributed by atoms with Crippen molar-refractivity contribution in [3.05, 3.63) is 47.4 Å². The summed E-state index contributed by atoms with van der Waals surface area (Å²) in [6.07, 6.45) is 0. The number of rotatable bonds is 8. The van der Waals surface area contributed by atoms with Gasteiger partial charge in [-0.2, -0.15) is 0 Å². The zero-order valence-corrected chi connectivity index (χ0v) is 14.4. The van der Waals surface area contributed by atoms with Crippen molar-refractivity contribution in [3.63, 3.8) is 0 Å². The van der Waals surface area contributed by atoms with Crippen molar-refractivity contribution in [3.8, 4) is 11.5 Å². The average molecular weight is 347 g/mol. The van der Waals surface area contributed by atoms with Gasteiger partial charge in [-0.25, -0.2) is 4.79 Å². The molecule has 0 spiro atoms. The van der Waals surface area contributed by atoms with Crippen LogP contribution in [0.4, 0.5) is 0 Å². The Morgan fingerprint density at radius 1 is 1.16 bits per heavy atom. The first kappa shape index (κ1) is 18.4. The van der Waals surface area contributed by atoms with Gasteiger partial charge in [-0.05, 0) is 44.2 Å². The van der Waals surface area contributed by atoms with E-state index >= 15 is 0 Å². The number of aryl methyl sites for hydroxylation is 1. The largest absolute Gasteiger partial charge is 0.494 e. The van der Waals surface area contributed by atoms with Crippen molar-refractivity contribution in [1.82, 2.24) is 4.90 Å². The SMILES string of the molecule is CCOc1ccc(OCC(=O)N(C)Cc2cc(C(=O)O)c(C)o2)cc1. The zero-order valence-electron chi connectivity index (χ0n) is 14.4. The Morgan fingerprint density at radius 3 is 2.28 bits per heavy atom. The lowest BCUT2D eigenvalue weighted by Crippen LogP contribution is -2.30. The van der Waals surface area contributed by atoms with Gasteiger partial charge in [-0.1, -0.05) is 0 Å². The lowest BCUT2D eigenvalue weighted by Gasteiger charge is -2.16. The molecule has 134 valence electrons. The third-order valence-electron chi connectivity index (χ3n) is 3.52. The number of amides is 1. The van der Waals surface area contributed by atoms with Gasteiger partial charge < -0.3 is 23.9 Å². The maximum Gasteiger partial charge on any atom is 0.339 e. The minimum absolute atomic E-state index is 0.0986. The summed E-state index contributed by atoms with van der Waals surface area (Å²) in [4.78, 5) is 24.6. The Hall–Kier alpha value is -2.96. The van der Waals surface area contributed by atoms with Gasteiger partial charge in [0.15, 0.2) is 6.61 Å². The molecule has 0 fully saturated rings. The molecule has 1 aromatic heterocycles. The number of carbonyl (C=O) groups excluding carboxylic acids is 1. The molecule has 7 heteroatoms. The summed E-state index contributed by atoms with van der Waals surface area (Å²) < 4.78 is 16.2. The molecule has 0 aliphatic rings. The Kier molecular flexibility index (Phi) is 6.05. The first-order valence-electron chi connectivity index (χ1n) is 7.83. The normalized spacial score (nSPS) is 10.4. The van der Waals surface area contributed by atoms with E-state index < -0.39 is 5.97 Å². The third kappa shape index (κ3) is 5.00. The number of likely N-dealkylation sites (N-methyl/N-ethyl adjacent to an activating group) is 1. The molecule has 2 rings (SSSR count). The number of hydrogen-bond donors (Lipinski definition) is 1. The van der Waals surface area contributed by atoms with Crippen molar-refractivity contribution in [2.45, 2.75) is 20.4 Å². The van der Waals surface area contributed by atoms with E-state index in [1.165, 1.54) is 11.0 Å². The zero-order chi connectivity index (χ0) is 18.4. The summed E-state index contributed by atoms with van der Waals surface area (Å²) in [5.74, 6) is 0.717. The van der Waals surface area contributed by atoms with Gasteiger partial charge in [0, 0.05) is 7.05 Å². The molecule has 1 N–H and O–H groups in total. The summed E-state index contributed by atoms with van der Waals surface area (Å²) in [5.41, 5.74) is 0.0986. The van der Waals surface area contributed by atoms with E-state index in [0.29, 0.717) is 23.9 Å². The molecule has 0 aliphatic heterocycles. The smallest absolute Gasteiger partial charge is 0.339 e. The van der Waals surface area contributed by atoms with Crippen LogP contribution < -0.4 is 9.47 Å². The fourth-order valence-electron chi connectivity index (χ4n) is 2.21. The maximum absolute atomic E-state index is 12.1. The first-order chi connectivity index (χ1) is 11.9. The van der Waals surface area contributed by atoms with E-state index in [4.69, 9.17) is 19.0 Å². The number of ether oxygens (including phenoxy) is 2. The summed E-state index contributed by atoms with van der Waals surface area (Å²) in [7, 11) is 1.60. The minimum Gasteiger partial charge on any atom is -0.494 e. The summed E-state index contributed by atoms with van der Waals surface area (Å²) >= 11 is 0. The fourth-order valence-corrected chi connectivity index (χ4v) is 2.21. The first-order valence-corrected chi connectivity index (χ1v) is 7.83. The molecule has 0 atom stereocenters. The van der Waals surface area contributed by atoms with Gasteiger partial charge in [-0.3, -0.25) is 4.79 Å². The molecule has 0 bridgehead atoms. The van der Waals surface area contributed by atoms with Crippen LogP contribution in [0.15, 0.2) is 34.7 Å². The topological polar surface area (TPSA) is 89.2 Å². The van der Waals surface area contributed by atoms with Gasteiger partial charge in [0.05, 0.1) is 13.2 Å². The van der Waals surface area contributed by atoms with E-state index in [0.717, 1.165) is 5.75 Å². The number of benzene rings is 1. The van der Waals surface area contributed by atoms with Crippen molar-refractivity contribution in [2.75, 3.05) is 20.3 Å². The van der Waals surface area contributed by atoms with Gasteiger partial charge in [0.25, 0.3) is 5.91 Å². The highest BCUT2D eigenvalue weighted by Gasteiger charge is 2.17. The Balaban J connectivity index is 1.87. The van der Waals surface area contributed by atoms with Crippen molar-refractivity contribution < 1.29 is 28.6 Å². The number of carboxylic acid groups (broad SMARTS) is 1. The lowest BCUT2D eigenvalue weighted by molar-refractivity contribution is -0.132. The van der Waals surface area contributed by atoms with E-state index in [1.807, 2.05) is 6.92 Å². The van der Waals surface area contributed by atoms with Crippen molar-refractivity contribution in [1.29, 1.82) is 0 Å². The Bertz CT molecular complexity index is 735. The molecule has 0 saturated heterocycles. The molecule has 1 amide bonds. The second-order valence-corrected chi connectivity index (χ2v) is 5.43. The monoisotopic (exact) mass is 347 g/mol. The van der Waals surface area contributed by atoms with Crippen LogP contribution in [0.1, 0.15) is 28.8 Å². The van der Waals surface area contributed by atoms with E-state index in [1.54, 1.807) is 38.2 Å². The average Bonchev–Trinajstić information content (AvgIpc) is 2.94. The molecule has 1 aromatic carbocycles. The van der Waals surface area contributed by atoms with Gasteiger partial charge >= 0.3 is 5.97 Å². The highest BCUT2D eigenvalue weighted by atomic mass is 16.5. The van der Waals surface area contributed by atoms with Crippen LogP contribution in [-0.2, 0) is 11.3 Å². The molecule has 25 heavy (non-hydrogen) atoms. The molecule has 2 aromatic rings. The second-order valence-electron chi connectivity index (χ2n) is 5.43. The van der Waals surface area contributed by atoms with Crippen LogP contribution in [-0.4, -0.2) is 42.1 Å².